The molecular formula is C19H21N3O. The molecule has 0 bridgehead atoms. The van der Waals surface area contributed by atoms with E-state index < -0.39 is 0 Å². The molecule has 0 radical (unpaired) electrons. The number of H-pyrrole nitrogens is 1. The van der Waals surface area contributed by atoms with Gasteiger partial charge in [0.25, 0.3) is 5.91 Å². The van der Waals surface area contributed by atoms with Gasteiger partial charge < -0.3 is 10.3 Å². The lowest BCUT2D eigenvalue weighted by atomic mass is 10.0. The Kier molecular flexibility index (Phi) is 4.15. The van der Waals surface area contributed by atoms with Gasteiger partial charge in [0.1, 0.15) is 5.82 Å². The number of imidazole rings is 1. The number of aromatic nitrogens is 2. The number of nitrogens with one attached hydrogen (secondary N) is 2. The third kappa shape index (κ3) is 2.97. The van der Waals surface area contributed by atoms with Gasteiger partial charge in [0.15, 0.2) is 0 Å². The molecule has 2 aromatic carbocycles. The first-order valence-electron chi connectivity index (χ1n) is 7.92. The minimum atomic E-state index is -0.130. The van der Waals surface area contributed by atoms with E-state index in [9.17, 15) is 4.79 Å². The Labute approximate surface area is 136 Å². The average molecular weight is 307 g/mol. The van der Waals surface area contributed by atoms with Crippen LogP contribution in [0.1, 0.15) is 46.7 Å². The van der Waals surface area contributed by atoms with E-state index in [1.165, 1.54) is 0 Å². The first-order valence-corrected chi connectivity index (χ1v) is 7.92. The number of carbonyl (C=O) groups excluding carboxylic acids is 1. The zero-order chi connectivity index (χ0) is 16.4. The first-order chi connectivity index (χ1) is 11.1. The maximum atomic E-state index is 12.6. The number of aryl methyl sites for hydroxylation is 1. The average Bonchev–Trinajstić information content (AvgIpc) is 2.98. The van der Waals surface area contributed by atoms with Crippen molar-refractivity contribution in [2.45, 2.75) is 33.2 Å². The third-order valence-corrected chi connectivity index (χ3v) is 4.30. The van der Waals surface area contributed by atoms with Crippen LogP contribution in [0.4, 0.5) is 0 Å². The molecule has 23 heavy (non-hydrogen) atoms. The van der Waals surface area contributed by atoms with Gasteiger partial charge in [-0.1, -0.05) is 31.2 Å². The molecule has 2 N–H and O–H groups in total. The van der Waals surface area contributed by atoms with Crippen molar-refractivity contribution in [3.8, 4) is 0 Å². The minimum absolute atomic E-state index is 0.0569. The predicted octanol–water partition coefficient (Wildman–Crippen LogP) is 4.06. The van der Waals surface area contributed by atoms with Gasteiger partial charge in [0.2, 0.25) is 0 Å². The van der Waals surface area contributed by atoms with E-state index in [1.807, 2.05) is 63.2 Å². The van der Waals surface area contributed by atoms with Gasteiger partial charge in [-0.25, -0.2) is 4.98 Å². The van der Waals surface area contributed by atoms with Crippen LogP contribution >= 0.6 is 0 Å². The second-order valence-electron chi connectivity index (χ2n) is 5.82. The molecule has 0 fully saturated rings. The third-order valence-electron chi connectivity index (χ3n) is 4.30. The molecule has 4 heteroatoms. The van der Waals surface area contributed by atoms with Gasteiger partial charge >= 0.3 is 0 Å². The smallest absolute Gasteiger partial charge is 0.252 e. The van der Waals surface area contributed by atoms with Crippen LogP contribution in [-0.2, 0) is 0 Å². The first kappa shape index (κ1) is 15.3. The second kappa shape index (κ2) is 6.24. The molecule has 1 aromatic heterocycles. The lowest BCUT2D eigenvalue weighted by molar-refractivity contribution is 0.0933. The van der Waals surface area contributed by atoms with Crippen LogP contribution in [0.2, 0.25) is 0 Å². The molecular weight excluding hydrogens is 286 g/mol. The van der Waals surface area contributed by atoms with Gasteiger partial charge in [-0.15, -0.1) is 0 Å². The van der Waals surface area contributed by atoms with Crippen LogP contribution in [0.3, 0.4) is 0 Å². The minimum Gasteiger partial charge on any atom is -0.342 e. The molecule has 0 aliphatic rings. The molecule has 4 nitrogen and oxygen atoms in total. The normalized spacial score (nSPS) is 12.3. The monoisotopic (exact) mass is 307 g/mol. The number of fused-ring (bicyclic) bond motifs is 1. The van der Waals surface area contributed by atoms with Crippen molar-refractivity contribution < 1.29 is 4.79 Å². The highest BCUT2D eigenvalue weighted by Crippen LogP contribution is 2.20. The van der Waals surface area contributed by atoms with Crippen molar-refractivity contribution in [3.63, 3.8) is 0 Å². The van der Waals surface area contributed by atoms with Gasteiger partial charge in [0, 0.05) is 5.56 Å². The van der Waals surface area contributed by atoms with Crippen molar-refractivity contribution >= 4 is 16.9 Å². The van der Waals surface area contributed by atoms with Crippen molar-refractivity contribution in [1.29, 1.82) is 0 Å². The summed E-state index contributed by atoms with van der Waals surface area (Å²) < 4.78 is 0. The number of nitrogens with zero attached hydrogens (tertiary/aromatic N) is 1. The number of carbonyl (C=O) groups is 1. The molecule has 1 amide bonds. The summed E-state index contributed by atoms with van der Waals surface area (Å²) in [6.45, 7) is 6.04. The lowest BCUT2D eigenvalue weighted by Crippen LogP contribution is -2.29. The lowest BCUT2D eigenvalue weighted by Gasteiger charge is -2.16. The highest BCUT2D eigenvalue weighted by molar-refractivity contribution is 5.96. The Hall–Kier alpha value is -2.62. The molecule has 1 atom stereocenters. The SMILES string of the molecule is CCC(NC(=O)c1cccc(C)c1C)c1nc2ccccc2[nH]1. The predicted molar refractivity (Wildman–Crippen MR) is 92.5 cm³/mol. The Balaban J connectivity index is 1.87. The fourth-order valence-electron chi connectivity index (χ4n) is 2.73. The molecule has 0 spiro atoms. The fraction of sp³-hybridized carbons (Fsp3) is 0.263. The number of hydrogen-bond donors (Lipinski definition) is 2. The highest BCUT2D eigenvalue weighted by atomic mass is 16.1. The Morgan fingerprint density at radius 1 is 1.17 bits per heavy atom. The van der Waals surface area contributed by atoms with Gasteiger partial charge in [0.05, 0.1) is 17.1 Å². The van der Waals surface area contributed by atoms with E-state index >= 15 is 0 Å². The molecule has 3 aromatic rings. The summed E-state index contributed by atoms with van der Waals surface area (Å²) in [6.07, 6.45) is 0.774. The maximum absolute atomic E-state index is 12.6. The molecule has 0 saturated heterocycles. The van der Waals surface area contributed by atoms with Crippen molar-refractivity contribution in [3.05, 3.63) is 65.0 Å². The number of aromatic amines is 1. The quantitative estimate of drug-likeness (QED) is 0.763. The van der Waals surface area contributed by atoms with Gasteiger partial charge in [-0.2, -0.15) is 0 Å². The summed E-state index contributed by atoms with van der Waals surface area (Å²) in [5.74, 6) is 0.742. The topological polar surface area (TPSA) is 57.8 Å². The maximum Gasteiger partial charge on any atom is 0.252 e. The van der Waals surface area contributed by atoms with Gasteiger partial charge in [-0.05, 0) is 49.6 Å². The van der Waals surface area contributed by atoms with Gasteiger partial charge in [-0.3, -0.25) is 4.79 Å². The summed E-state index contributed by atoms with van der Waals surface area (Å²) in [5, 5.41) is 3.10. The summed E-state index contributed by atoms with van der Waals surface area (Å²) in [7, 11) is 0. The van der Waals surface area contributed by atoms with Crippen molar-refractivity contribution in [1.82, 2.24) is 15.3 Å². The molecule has 1 unspecified atom stereocenters. The standard InChI is InChI=1S/C19H21N3O/c1-4-15(18-20-16-10-5-6-11-17(16)21-18)22-19(23)14-9-7-8-12(2)13(14)3/h5-11,15H,4H2,1-3H3,(H,20,21)(H,22,23). The summed E-state index contributed by atoms with van der Waals surface area (Å²) in [5.41, 5.74) is 4.77. The zero-order valence-corrected chi connectivity index (χ0v) is 13.7. The van der Waals surface area contributed by atoms with E-state index in [0.717, 1.165) is 40.0 Å². The van der Waals surface area contributed by atoms with Crippen molar-refractivity contribution in [2.75, 3.05) is 0 Å². The summed E-state index contributed by atoms with van der Waals surface area (Å²) in [6, 6.07) is 13.6. The van der Waals surface area contributed by atoms with E-state index in [4.69, 9.17) is 0 Å². The van der Waals surface area contributed by atoms with E-state index in [0.29, 0.717) is 0 Å². The van der Waals surface area contributed by atoms with Crippen LogP contribution in [0.5, 0.6) is 0 Å². The number of benzene rings is 2. The van der Waals surface area contributed by atoms with Crippen LogP contribution in [0.15, 0.2) is 42.5 Å². The van der Waals surface area contributed by atoms with Crippen molar-refractivity contribution in [2.24, 2.45) is 0 Å². The molecule has 0 aliphatic carbocycles. The molecule has 118 valence electrons. The highest BCUT2D eigenvalue weighted by Gasteiger charge is 2.18. The Bertz CT molecular complexity index is 818. The zero-order valence-electron chi connectivity index (χ0n) is 13.7. The van der Waals surface area contributed by atoms with Crippen LogP contribution in [-0.4, -0.2) is 15.9 Å². The number of rotatable bonds is 4. The largest absolute Gasteiger partial charge is 0.342 e. The molecule has 1 heterocycles. The Morgan fingerprint density at radius 3 is 2.70 bits per heavy atom. The van der Waals surface area contributed by atoms with E-state index in [1.54, 1.807) is 0 Å². The van der Waals surface area contributed by atoms with Crippen LogP contribution in [0, 0.1) is 13.8 Å². The fourth-order valence-corrected chi connectivity index (χ4v) is 2.73. The summed E-state index contributed by atoms with van der Waals surface area (Å²) in [4.78, 5) is 20.5. The Morgan fingerprint density at radius 2 is 1.96 bits per heavy atom. The number of amides is 1. The molecule has 0 aliphatic heterocycles. The number of para-hydroxylation sites is 2. The van der Waals surface area contributed by atoms with Crippen LogP contribution in [0.25, 0.3) is 11.0 Å². The van der Waals surface area contributed by atoms with Crippen LogP contribution < -0.4 is 5.32 Å². The molecule has 0 saturated carbocycles. The second-order valence-corrected chi connectivity index (χ2v) is 5.82. The summed E-state index contributed by atoms with van der Waals surface area (Å²) >= 11 is 0. The van der Waals surface area contributed by atoms with E-state index in [-0.39, 0.29) is 11.9 Å². The van der Waals surface area contributed by atoms with E-state index in [2.05, 4.69) is 15.3 Å². The molecule has 3 rings (SSSR count). The number of hydrogen-bond acceptors (Lipinski definition) is 2.